The summed E-state index contributed by atoms with van der Waals surface area (Å²) in [5, 5.41) is 17.3. The second-order valence-electron chi connectivity index (χ2n) is 1.82. The number of halogens is 1. The van der Waals surface area contributed by atoms with Crippen molar-refractivity contribution in [1.29, 1.82) is 0 Å². The zero-order valence-corrected chi connectivity index (χ0v) is 12.5. The first-order chi connectivity index (χ1) is 5.72. The van der Waals surface area contributed by atoms with Crippen molar-refractivity contribution in [2.24, 2.45) is 0 Å². The Morgan fingerprint density at radius 3 is 2.17 bits per heavy atom. The van der Waals surface area contributed by atoms with Gasteiger partial charge in [0.2, 0.25) is 0 Å². The molecule has 0 amide bonds. The summed E-state index contributed by atoms with van der Waals surface area (Å²) in [7, 11) is 4.83. The van der Waals surface area contributed by atoms with Gasteiger partial charge in [-0.15, -0.1) is 0 Å². The molecule has 3 nitrogen and oxygen atoms in total. The van der Waals surface area contributed by atoms with Crippen LogP contribution in [0.1, 0.15) is 10.4 Å². The standard InChI is InChI=1S/C7H6O3.ClH.Hg/c8-6-4-2-1-3-5(6)7(9)10;;/h1-4,8H,(H,9,10);1H;/q;;+1/p-1. The molecule has 2 N–H and O–H groups in total. The van der Waals surface area contributed by atoms with Crippen molar-refractivity contribution in [3.63, 3.8) is 0 Å². The van der Waals surface area contributed by atoms with Gasteiger partial charge in [-0.25, -0.2) is 4.79 Å². The summed E-state index contributed by atoms with van der Waals surface area (Å²) in [6.45, 7) is 0. The number of carbonyl (C=O) groups is 1. The van der Waals surface area contributed by atoms with Crippen LogP contribution in [0.4, 0.5) is 0 Å². The first-order valence-corrected chi connectivity index (χ1v) is 9.76. The molecule has 5 heteroatoms. The number of carboxylic acid groups (broad SMARTS) is 1. The Labute approximate surface area is 89.4 Å². The van der Waals surface area contributed by atoms with E-state index in [0.29, 0.717) is 24.9 Å². The molecular formula is C7H6ClHgO3. The van der Waals surface area contributed by atoms with Crippen LogP contribution in [0.25, 0.3) is 0 Å². The van der Waals surface area contributed by atoms with Crippen LogP contribution < -0.4 is 0 Å². The molecule has 0 spiro atoms. The third-order valence-electron chi connectivity index (χ3n) is 1.13. The van der Waals surface area contributed by atoms with Gasteiger partial charge in [-0.05, 0) is 12.1 Å². The Balaban J connectivity index is 0.000000561. The second kappa shape index (κ2) is 6.26. The number of phenols is 1. The van der Waals surface area contributed by atoms with Crippen molar-refractivity contribution in [1.82, 2.24) is 0 Å². The Hall–Kier alpha value is -0.285. The van der Waals surface area contributed by atoms with E-state index in [9.17, 15) is 4.79 Å². The van der Waals surface area contributed by atoms with Gasteiger partial charge in [-0.3, -0.25) is 0 Å². The van der Waals surface area contributed by atoms with E-state index in [1.807, 2.05) is 0 Å². The van der Waals surface area contributed by atoms with Crippen LogP contribution in [0, 0.1) is 0 Å². The fourth-order valence-electron chi connectivity index (χ4n) is 0.654. The molecule has 0 unspecified atom stereocenters. The van der Waals surface area contributed by atoms with Gasteiger partial charge in [0.25, 0.3) is 0 Å². The second-order valence-corrected chi connectivity index (χ2v) is 1.82. The SMILES string of the molecule is O=C(O)c1ccccc1O.[Cl][Hg]. The van der Waals surface area contributed by atoms with Crippen molar-refractivity contribution in [2.45, 2.75) is 0 Å². The topological polar surface area (TPSA) is 57.5 Å². The Morgan fingerprint density at radius 2 is 1.83 bits per heavy atom. The average molecular weight is 374 g/mol. The molecular weight excluding hydrogens is 368 g/mol. The van der Waals surface area contributed by atoms with Crippen molar-refractivity contribution in [3.05, 3.63) is 29.8 Å². The third-order valence-corrected chi connectivity index (χ3v) is 1.13. The Kier molecular flexibility index (Phi) is 6.11. The van der Waals surface area contributed by atoms with E-state index in [1.54, 1.807) is 12.1 Å². The maximum absolute atomic E-state index is 10.3. The van der Waals surface area contributed by atoms with Gasteiger partial charge in [-0.2, -0.15) is 0 Å². The van der Waals surface area contributed by atoms with Crippen LogP contribution >= 0.6 is 8.25 Å². The zero-order valence-electron chi connectivity index (χ0n) is 6.20. The predicted octanol–water partition coefficient (Wildman–Crippen LogP) is 1.78. The zero-order chi connectivity index (χ0) is 9.56. The summed E-state index contributed by atoms with van der Waals surface area (Å²) in [4.78, 5) is 10.3. The van der Waals surface area contributed by atoms with E-state index in [1.165, 1.54) is 12.1 Å². The van der Waals surface area contributed by atoms with Crippen LogP contribution in [0.3, 0.4) is 0 Å². The number of para-hydroxylation sites is 1. The van der Waals surface area contributed by atoms with E-state index in [0.717, 1.165) is 0 Å². The fraction of sp³-hybridized carbons (Fsp3) is 0. The Morgan fingerprint density at radius 1 is 1.33 bits per heavy atom. The minimum absolute atomic E-state index is 0.0671. The number of aromatic carboxylic acids is 1. The van der Waals surface area contributed by atoms with Crippen molar-refractivity contribution in [2.75, 3.05) is 0 Å². The predicted molar refractivity (Wildman–Crippen MR) is 40.9 cm³/mol. The number of hydrogen-bond acceptors (Lipinski definition) is 2. The van der Waals surface area contributed by atoms with Gasteiger partial charge in [0.1, 0.15) is 11.3 Å². The van der Waals surface area contributed by atoms with E-state index < -0.39 is 5.97 Å². The number of carboxylic acids is 1. The summed E-state index contributed by atoms with van der Waals surface area (Å²) >= 11 is 0.500. The van der Waals surface area contributed by atoms with E-state index in [-0.39, 0.29) is 11.3 Å². The molecule has 0 aliphatic heterocycles. The van der Waals surface area contributed by atoms with Gasteiger partial charge >= 0.3 is 39.1 Å². The quantitative estimate of drug-likeness (QED) is 0.737. The summed E-state index contributed by atoms with van der Waals surface area (Å²) in [5.41, 5.74) is -0.0671. The van der Waals surface area contributed by atoms with Crippen LogP contribution in [-0.4, -0.2) is 16.2 Å². The van der Waals surface area contributed by atoms with Gasteiger partial charge in [-0.1, -0.05) is 12.1 Å². The van der Waals surface area contributed by atoms with Gasteiger partial charge in [0, 0.05) is 0 Å². The molecule has 1 aromatic carbocycles. The molecule has 0 bridgehead atoms. The van der Waals surface area contributed by atoms with E-state index in [2.05, 4.69) is 0 Å². The molecule has 0 atom stereocenters. The number of rotatable bonds is 1. The molecule has 1 aromatic rings. The monoisotopic (exact) mass is 375 g/mol. The molecule has 12 heavy (non-hydrogen) atoms. The van der Waals surface area contributed by atoms with E-state index >= 15 is 0 Å². The first-order valence-electron chi connectivity index (χ1n) is 3.00. The molecule has 0 aliphatic carbocycles. The van der Waals surface area contributed by atoms with Crippen LogP contribution in [0.5, 0.6) is 5.75 Å². The molecule has 0 radical (unpaired) electrons. The molecule has 0 heterocycles. The molecule has 0 saturated heterocycles. The maximum atomic E-state index is 10.3. The van der Waals surface area contributed by atoms with E-state index in [4.69, 9.17) is 18.5 Å². The van der Waals surface area contributed by atoms with Crippen LogP contribution in [0.2, 0.25) is 0 Å². The molecule has 0 saturated carbocycles. The Bertz CT molecular complexity index is 265. The number of aromatic hydroxyl groups is 1. The number of benzene rings is 1. The average Bonchev–Trinajstić information content (AvgIpc) is 2.08. The minimum atomic E-state index is -1.11. The first kappa shape index (κ1) is 11.7. The molecule has 0 aromatic heterocycles. The molecule has 61 valence electrons. The molecule has 1 rings (SSSR count). The summed E-state index contributed by atoms with van der Waals surface area (Å²) in [6, 6.07) is 5.81. The number of hydrogen-bond donors (Lipinski definition) is 2. The molecule has 0 aliphatic rings. The van der Waals surface area contributed by atoms with Gasteiger partial charge < -0.3 is 10.2 Å². The van der Waals surface area contributed by atoms with Crippen molar-refractivity contribution >= 4 is 14.2 Å². The van der Waals surface area contributed by atoms with Gasteiger partial charge in [0.15, 0.2) is 0 Å². The summed E-state index contributed by atoms with van der Waals surface area (Å²) < 4.78 is 0. The van der Waals surface area contributed by atoms with Crippen LogP contribution in [0.15, 0.2) is 24.3 Å². The third kappa shape index (κ3) is 3.41. The van der Waals surface area contributed by atoms with Crippen molar-refractivity contribution < 1.29 is 39.9 Å². The van der Waals surface area contributed by atoms with Gasteiger partial charge in [0.05, 0.1) is 0 Å². The summed E-state index contributed by atoms with van der Waals surface area (Å²) in [6.07, 6.45) is 0. The molecule has 0 fully saturated rings. The normalized spacial score (nSPS) is 8.25. The fourth-order valence-corrected chi connectivity index (χ4v) is 0.654. The van der Waals surface area contributed by atoms with Crippen LogP contribution in [-0.2, 0) is 24.9 Å². The van der Waals surface area contributed by atoms with Crippen molar-refractivity contribution in [3.8, 4) is 5.75 Å². The summed E-state index contributed by atoms with van der Waals surface area (Å²) in [5.74, 6) is -1.31.